The Balaban J connectivity index is 1.83. The number of halogens is 1. The standard InChI is InChI=1S/C15H15FN2O3S/c16-13-6-8-14(9-7-13)22(20,21)18-11-10-17-15(19)12-4-2-1-3-5-12/h1-9,18H,10-11H2,(H,17,19). The van der Waals surface area contributed by atoms with Crippen molar-refractivity contribution in [1.29, 1.82) is 0 Å². The van der Waals surface area contributed by atoms with Crippen LogP contribution in [0.1, 0.15) is 10.4 Å². The second-order valence-electron chi connectivity index (χ2n) is 4.47. The summed E-state index contributed by atoms with van der Waals surface area (Å²) in [5.41, 5.74) is 0.504. The van der Waals surface area contributed by atoms with Gasteiger partial charge in [-0.2, -0.15) is 0 Å². The quantitative estimate of drug-likeness (QED) is 0.792. The summed E-state index contributed by atoms with van der Waals surface area (Å²) in [6.07, 6.45) is 0. The summed E-state index contributed by atoms with van der Waals surface area (Å²) >= 11 is 0. The molecule has 0 aliphatic heterocycles. The van der Waals surface area contributed by atoms with E-state index < -0.39 is 15.8 Å². The minimum atomic E-state index is -3.71. The number of hydrogen-bond acceptors (Lipinski definition) is 3. The SMILES string of the molecule is O=C(NCCNS(=O)(=O)c1ccc(F)cc1)c1ccccc1. The van der Waals surface area contributed by atoms with Crippen molar-refractivity contribution in [3.05, 3.63) is 66.0 Å². The van der Waals surface area contributed by atoms with E-state index in [1.54, 1.807) is 30.3 Å². The van der Waals surface area contributed by atoms with Crippen LogP contribution in [0.15, 0.2) is 59.5 Å². The Morgan fingerprint density at radius 3 is 2.23 bits per heavy atom. The van der Waals surface area contributed by atoms with Crippen molar-refractivity contribution in [3.8, 4) is 0 Å². The van der Waals surface area contributed by atoms with E-state index in [-0.39, 0.29) is 23.9 Å². The Bertz CT molecular complexity index is 731. The molecular weight excluding hydrogens is 307 g/mol. The highest BCUT2D eigenvalue weighted by Gasteiger charge is 2.13. The molecule has 0 heterocycles. The van der Waals surface area contributed by atoms with Crippen LogP contribution in [-0.2, 0) is 10.0 Å². The predicted octanol–water partition coefficient (Wildman–Crippen LogP) is 1.53. The van der Waals surface area contributed by atoms with Crippen LogP contribution in [0.3, 0.4) is 0 Å². The summed E-state index contributed by atoms with van der Waals surface area (Å²) in [5, 5.41) is 2.61. The molecule has 0 saturated heterocycles. The largest absolute Gasteiger partial charge is 0.351 e. The van der Waals surface area contributed by atoms with Crippen LogP contribution >= 0.6 is 0 Å². The topological polar surface area (TPSA) is 75.3 Å². The fraction of sp³-hybridized carbons (Fsp3) is 0.133. The average molecular weight is 322 g/mol. The molecule has 0 saturated carbocycles. The molecule has 7 heteroatoms. The van der Waals surface area contributed by atoms with Gasteiger partial charge in [0.25, 0.3) is 5.91 Å². The molecule has 116 valence electrons. The lowest BCUT2D eigenvalue weighted by atomic mass is 10.2. The van der Waals surface area contributed by atoms with Crippen molar-refractivity contribution >= 4 is 15.9 Å². The molecule has 0 atom stereocenters. The molecule has 1 amide bonds. The number of rotatable bonds is 6. The number of carbonyl (C=O) groups excluding carboxylic acids is 1. The van der Waals surface area contributed by atoms with Gasteiger partial charge in [0.05, 0.1) is 4.90 Å². The van der Waals surface area contributed by atoms with Crippen molar-refractivity contribution in [2.45, 2.75) is 4.90 Å². The summed E-state index contributed by atoms with van der Waals surface area (Å²) in [6, 6.07) is 13.1. The normalized spacial score (nSPS) is 11.1. The van der Waals surface area contributed by atoms with E-state index in [1.807, 2.05) is 0 Å². The van der Waals surface area contributed by atoms with Gasteiger partial charge in [-0.05, 0) is 36.4 Å². The van der Waals surface area contributed by atoms with Crippen LogP contribution in [0, 0.1) is 5.82 Å². The molecule has 0 aliphatic carbocycles. The molecule has 0 aromatic heterocycles. The molecule has 2 rings (SSSR count). The van der Waals surface area contributed by atoms with Gasteiger partial charge in [0.15, 0.2) is 0 Å². The Morgan fingerprint density at radius 1 is 0.955 bits per heavy atom. The van der Waals surface area contributed by atoms with Crippen molar-refractivity contribution in [3.63, 3.8) is 0 Å². The van der Waals surface area contributed by atoms with E-state index in [9.17, 15) is 17.6 Å². The van der Waals surface area contributed by atoms with Crippen molar-refractivity contribution in [2.75, 3.05) is 13.1 Å². The summed E-state index contributed by atoms with van der Waals surface area (Å²) in [5.74, 6) is -0.782. The second kappa shape index (κ2) is 7.15. The number of amides is 1. The molecule has 2 aromatic rings. The molecule has 2 aromatic carbocycles. The monoisotopic (exact) mass is 322 g/mol. The average Bonchev–Trinajstić information content (AvgIpc) is 2.52. The second-order valence-corrected chi connectivity index (χ2v) is 6.24. The predicted molar refractivity (Wildman–Crippen MR) is 80.4 cm³/mol. The molecule has 0 radical (unpaired) electrons. The summed E-state index contributed by atoms with van der Waals surface area (Å²) in [6.45, 7) is 0.187. The number of hydrogen-bond donors (Lipinski definition) is 2. The minimum Gasteiger partial charge on any atom is -0.351 e. The van der Waals surface area contributed by atoms with Gasteiger partial charge >= 0.3 is 0 Å². The third-order valence-corrected chi connectivity index (χ3v) is 4.34. The minimum absolute atomic E-state index is 0.0247. The van der Waals surface area contributed by atoms with Crippen LogP contribution in [-0.4, -0.2) is 27.4 Å². The first kappa shape index (κ1) is 16.1. The van der Waals surface area contributed by atoms with Crippen molar-refractivity contribution < 1.29 is 17.6 Å². The van der Waals surface area contributed by atoms with Crippen LogP contribution in [0.25, 0.3) is 0 Å². The number of sulfonamides is 1. The maximum Gasteiger partial charge on any atom is 0.251 e. The molecule has 0 aliphatic rings. The summed E-state index contributed by atoms with van der Waals surface area (Å²) in [7, 11) is -3.71. The number of carbonyl (C=O) groups is 1. The Kier molecular flexibility index (Phi) is 5.24. The first-order valence-corrected chi connectivity index (χ1v) is 8.06. The van der Waals surface area contributed by atoms with Gasteiger partial charge in [0, 0.05) is 18.7 Å². The van der Waals surface area contributed by atoms with E-state index in [2.05, 4.69) is 10.0 Å². The van der Waals surface area contributed by atoms with Gasteiger partial charge in [-0.3, -0.25) is 4.79 Å². The van der Waals surface area contributed by atoms with Crippen molar-refractivity contribution in [2.24, 2.45) is 0 Å². The van der Waals surface area contributed by atoms with Gasteiger partial charge in [-0.15, -0.1) is 0 Å². The molecule has 0 bridgehead atoms. The van der Waals surface area contributed by atoms with E-state index in [1.165, 1.54) is 12.1 Å². The third-order valence-electron chi connectivity index (χ3n) is 2.86. The van der Waals surface area contributed by atoms with Crippen LogP contribution < -0.4 is 10.0 Å². The first-order chi connectivity index (χ1) is 10.5. The fourth-order valence-electron chi connectivity index (χ4n) is 1.75. The molecule has 2 N–H and O–H groups in total. The van der Waals surface area contributed by atoms with E-state index in [4.69, 9.17) is 0 Å². The Hall–Kier alpha value is -2.25. The maximum absolute atomic E-state index is 12.8. The van der Waals surface area contributed by atoms with Crippen LogP contribution in [0.2, 0.25) is 0 Å². The highest BCUT2D eigenvalue weighted by atomic mass is 32.2. The van der Waals surface area contributed by atoms with Crippen LogP contribution in [0.5, 0.6) is 0 Å². The molecule has 22 heavy (non-hydrogen) atoms. The highest BCUT2D eigenvalue weighted by Crippen LogP contribution is 2.08. The van der Waals surface area contributed by atoms with Gasteiger partial charge in [-0.1, -0.05) is 18.2 Å². The summed E-state index contributed by atoms with van der Waals surface area (Å²) in [4.78, 5) is 11.7. The maximum atomic E-state index is 12.8. The highest BCUT2D eigenvalue weighted by molar-refractivity contribution is 7.89. The first-order valence-electron chi connectivity index (χ1n) is 6.57. The Morgan fingerprint density at radius 2 is 1.59 bits per heavy atom. The zero-order valence-electron chi connectivity index (χ0n) is 11.6. The molecule has 5 nitrogen and oxygen atoms in total. The van der Waals surface area contributed by atoms with Gasteiger partial charge < -0.3 is 5.32 Å². The Labute approximate surface area is 128 Å². The number of nitrogens with one attached hydrogen (secondary N) is 2. The third kappa shape index (κ3) is 4.37. The molecule has 0 unspecified atom stereocenters. The lowest BCUT2D eigenvalue weighted by Gasteiger charge is -2.08. The van der Waals surface area contributed by atoms with Gasteiger partial charge in [0.2, 0.25) is 10.0 Å². The fourth-order valence-corrected chi connectivity index (χ4v) is 2.78. The van der Waals surface area contributed by atoms with Gasteiger partial charge in [-0.25, -0.2) is 17.5 Å². The van der Waals surface area contributed by atoms with E-state index >= 15 is 0 Å². The zero-order chi connectivity index (χ0) is 16.0. The zero-order valence-corrected chi connectivity index (χ0v) is 12.4. The van der Waals surface area contributed by atoms with Crippen molar-refractivity contribution in [1.82, 2.24) is 10.0 Å². The molecule has 0 fully saturated rings. The van der Waals surface area contributed by atoms with E-state index in [0.717, 1.165) is 12.1 Å². The smallest absolute Gasteiger partial charge is 0.251 e. The molecular formula is C15H15FN2O3S. The lowest BCUT2D eigenvalue weighted by Crippen LogP contribution is -2.34. The van der Waals surface area contributed by atoms with Gasteiger partial charge in [0.1, 0.15) is 5.82 Å². The van der Waals surface area contributed by atoms with Crippen LogP contribution in [0.4, 0.5) is 4.39 Å². The van der Waals surface area contributed by atoms with E-state index in [0.29, 0.717) is 5.56 Å². The number of benzene rings is 2. The lowest BCUT2D eigenvalue weighted by molar-refractivity contribution is 0.0954. The summed E-state index contributed by atoms with van der Waals surface area (Å²) < 4.78 is 38.9. The molecule has 0 spiro atoms.